The number of carbonyl (C=O) groups is 1. The zero-order valence-corrected chi connectivity index (χ0v) is 24.0. The molecule has 5 unspecified atom stereocenters. The average Bonchev–Trinajstić information content (AvgIpc) is 3.17. The summed E-state index contributed by atoms with van der Waals surface area (Å²) in [6, 6.07) is 0. The molecule has 4 aliphatic rings. The van der Waals surface area contributed by atoms with Gasteiger partial charge in [-0.3, -0.25) is 4.79 Å². The Labute approximate surface area is 246 Å². The van der Waals surface area contributed by atoms with Crippen molar-refractivity contribution < 1.29 is 69.9 Å². The fourth-order valence-electron chi connectivity index (χ4n) is 7.38. The summed E-state index contributed by atoms with van der Waals surface area (Å²) in [5, 5.41) is 25.0. The minimum absolute atomic E-state index is 0. The van der Waals surface area contributed by atoms with Crippen LogP contribution in [0.3, 0.4) is 0 Å². The number of aliphatic hydroxyl groups is 2. The van der Waals surface area contributed by atoms with E-state index in [1.165, 1.54) is 6.92 Å². The van der Waals surface area contributed by atoms with Crippen LogP contribution in [0.4, 0.5) is 0 Å². The van der Waals surface area contributed by atoms with Gasteiger partial charge in [0, 0.05) is 22.6 Å². The van der Waals surface area contributed by atoms with Crippen LogP contribution >= 0.6 is 0 Å². The molecular weight excluding hydrogens is 477 g/mol. The van der Waals surface area contributed by atoms with Crippen LogP contribution in [0.1, 0.15) is 97.2 Å². The van der Waals surface area contributed by atoms with Gasteiger partial charge in [-0.1, -0.05) is 20.8 Å². The van der Waals surface area contributed by atoms with Crippen LogP contribution in [0.15, 0.2) is 0 Å². The van der Waals surface area contributed by atoms with Crippen LogP contribution in [0.2, 0.25) is 0 Å². The van der Waals surface area contributed by atoms with Gasteiger partial charge >= 0.3 is 29.6 Å². The molecule has 9 heteroatoms. The SMILES string of the molecule is [2H]C1([2H])C[C@@]2(C)C(C([2H])([2H])[C@]1([2H])O)C([2H])([2H])[C@@]([2H])(O)C1([2H])C2CC[C@]2(C)C([C@H](C)CCC(=O)NCCS(=O)(=O)[O-])CCC12.[Na+]. The van der Waals surface area contributed by atoms with Crippen LogP contribution in [0, 0.1) is 46.3 Å². The van der Waals surface area contributed by atoms with Crippen LogP contribution in [-0.2, 0) is 14.9 Å². The molecule has 4 aliphatic carbocycles. The summed E-state index contributed by atoms with van der Waals surface area (Å²) in [5.74, 6) is -7.12. The molecule has 10 atom stereocenters. The number of nitrogens with one attached hydrogen (secondary N) is 1. The first-order valence-electron chi connectivity index (χ1n) is 16.8. The van der Waals surface area contributed by atoms with Crippen molar-refractivity contribution >= 4 is 16.0 Å². The molecule has 0 aliphatic heterocycles. The molecule has 0 heterocycles. The van der Waals surface area contributed by atoms with Crippen LogP contribution < -0.4 is 34.9 Å². The maximum atomic E-state index is 12.3. The maximum Gasteiger partial charge on any atom is 1.00 e. The first kappa shape index (κ1) is 19.4. The Hall–Kier alpha value is 0.300. The molecule has 4 fully saturated rings. The normalized spacial score (nSPS) is 58.2. The van der Waals surface area contributed by atoms with Gasteiger partial charge in [0.2, 0.25) is 5.91 Å². The Morgan fingerprint density at radius 3 is 2.54 bits per heavy atom. The van der Waals surface area contributed by atoms with E-state index < -0.39 is 94.0 Å². The summed E-state index contributed by atoms with van der Waals surface area (Å²) in [7, 11) is -4.46. The number of rotatable bonds is 7. The molecule has 0 saturated heterocycles. The third-order valence-corrected chi connectivity index (χ3v) is 9.95. The molecule has 0 aromatic heterocycles. The Morgan fingerprint density at radius 2 is 1.86 bits per heavy atom. The van der Waals surface area contributed by atoms with E-state index in [4.69, 9.17) is 11.0 Å². The van der Waals surface area contributed by atoms with Crippen molar-refractivity contribution in [3.05, 3.63) is 0 Å². The van der Waals surface area contributed by atoms with Crippen LogP contribution in [0.25, 0.3) is 0 Å². The van der Waals surface area contributed by atoms with E-state index >= 15 is 0 Å². The summed E-state index contributed by atoms with van der Waals surface area (Å²) in [5.41, 5.74) is -2.28. The van der Waals surface area contributed by atoms with Gasteiger partial charge in [0.05, 0.1) is 30.8 Å². The molecule has 0 spiro atoms. The van der Waals surface area contributed by atoms with Crippen molar-refractivity contribution in [2.24, 2.45) is 46.3 Å². The van der Waals surface area contributed by atoms with Crippen molar-refractivity contribution in [2.45, 2.75) is 97.0 Å². The first-order valence-corrected chi connectivity index (χ1v) is 13.9. The predicted octanol–water partition coefficient (Wildman–Crippen LogP) is 0.0587. The molecule has 0 aromatic carbocycles. The fourth-order valence-corrected chi connectivity index (χ4v) is 7.73. The van der Waals surface area contributed by atoms with Crippen LogP contribution in [0.5, 0.6) is 0 Å². The topological polar surface area (TPSA) is 127 Å². The molecule has 0 bridgehead atoms. The minimum atomic E-state index is -4.46. The fraction of sp³-hybridized carbons (Fsp3) is 0.962. The largest absolute Gasteiger partial charge is 1.00 e. The molecule has 7 nitrogen and oxygen atoms in total. The number of carbonyl (C=O) groups excluding carboxylic acids is 1. The Kier molecular flexibility index (Phi) is 6.19. The second kappa shape index (κ2) is 11.2. The summed E-state index contributed by atoms with van der Waals surface area (Å²) >= 11 is 0. The van der Waals surface area contributed by atoms with Gasteiger partial charge in [-0.15, -0.1) is 0 Å². The Bertz CT molecular complexity index is 1260. The molecular formula is C26H44NNaO6S. The monoisotopic (exact) mass is 530 g/mol. The standard InChI is InChI=1S/C26H45NO6S.Na/c1-16(4-7-23(30)27-12-13-34(31,32)33)19-5-6-20-24-21(9-11-26(19,20)3)25(2)10-8-18(28)14-17(25)15-22(24)29;/h16-22,24,28-29H,4-15H2,1-3H3,(H,27,30)(H,31,32,33);/q;+1/p-1/t16-,17?,18-,19?,20?,21?,22-,24?,25+,26-;/m1./s1/i8D2,14D2,15D2,18D,22D,24D;. The Morgan fingerprint density at radius 1 is 1.17 bits per heavy atom. The average molecular weight is 531 g/mol. The van der Waals surface area contributed by atoms with E-state index in [-0.39, 0.29) is 60.8 Å². The third-order valence-electron chi connectivity index (χ3n) is 9.25. The van der Waals surface area contributed by atoms with Crippen molar-refractivity contribution in [3.8, 4) is 0 Å². The number of hydrogen-bond donors (Lipinski definition) is 3. The van der Waals surface area contributed by atoms with E-state index in [1.807, 2.05) is 13.8 Å². The van der Waals surface area contributed by atoms with Gasteiger partial charge in [0.15, 0.2) is 0 Å². The van der Waals surface area contributed by atoms with Gasteiger partial charge in [0.1, 0.15) is 0 Å². The maximum absolute atomic E-state index is 12.3. The summed E-state index contributed by atoms with van der Waals surface area (Å²) in [6.45, 7) is 5.08. The molecule has 4 rings (SSSR count). The van der Waals surface area contributed by atoms with E-state index in [1.54, 1.807) is 0 Å². The minimum Gasteiger partial charge on any atom is -0.748 e. The van der Waals surface area contributed by atoms with Crippen LogP contribution in [-0.4, -0.2) is 53.5 Å². The van der Waals surface area contributed by atoms with Gasteiger partial charge in [-0.25, -0.2) is 8.42 Å². The van der Waals surface area contributed by atoms with Gasteiger partial charge in [-0.05, 0) is 104 Å². The molecule has 1 amide bonds. The predicted molar refractivity (Wildman–Crippen MR) is 129 cm³/mol. The third kappa shape index (κ3) is 5.99. The molecule has 35 heavy (non-hydrogen) atoms. The molecule has 4 saturated carbocycles. The zero-order valence-electron chi connectivity index (χ0n) is 30.2. The van der Waals surface area contributed by atoms with Crippen molar-refractivity contribution in [1.82, 2.24) is 5.32 Å². The van der Waals surface area contributed by atoms with E-state index in [9.17, 15) is 29.3 Å². The second-order valence-electron chi connectivity index (χ2n) is 11.2. The van der Waals surface area contributed by atoms with Crippen molar-refractivity contribution in [3.63, 3.8) is 0 Å². The number of amides is 1. The molecule has 0 radical (unpaired) electrons. The van der Waals surface area contributed by atoms with Gasteiger partial charge in [-0.2, -0.15) is 0 Å². The van der Waals surface area contributed by atoms with Crippen molar-refractivity contribution in [2.75, 3.05) is 12.3 Å². The number of hydrogen-bond acceptors (Lipinski definition) is 6. The summed E-state index contributed by atoms with van der Waals surface area (Å²) in [6.07, 6.45) is -14.2. The Balaban J connectivity index is 0.00000529. The van der Waals surface area contributed by atoms with E-state index in [0.717, 1.165) is 0 Å². The van der Waals surface area contributed by atoms with Crippen molar-refractivity contribution in [1.29, 1.82) is 0 Å². The van der Waals surface area contributed by atoms with Gasteiger partial charge < -0.3 is 20.1 Å². The smallest absolute Gasteiger partial charge is 0.748 e. The molecule has 0 aromatic rings. The van der Waals surface area contributed by atoms with E-state index in [0.29, 0.717) is 25.7 Å². The van der Waals surface area contributed by atoms with Gasteiger partial charge in [0.25, 0.3) is 0 Å². The summed E-state index contributed by atoms with van der Waals surface area (Å²) < 4.78 is 112. The summed E-state index contributed by atoms with van der Waals surface area (Å²) in [4.78, 5) is 12.3. The quantitative estimate of drug-likeness (QED) is 0.316. The zero-order chi connectivity index (χ0) is 33.0. The molecule has 3 N–H and O–H groups in total. The van der Waals surface area contributed by atoms with E-state index in [2.05, 4.69) is 5.32 Å². The second-order valence-corrected chi connectivity index (χ2v) is 12.7. The number of fused-ring (bicyclic) bond motifs is 5. The molecule has 196 valence electrons. The first-order chi connectivity index (χ1) is 19.2.